The van der Waals surface area contributed by atoms with Crippen molar-refractivity contribution in [2.24, 2.45) is 5.92 Å². The maximum atomic E-state index is 13.9. The van der Waals surface area contributed by atoms with Crippen molar-refractivity contribution in [1.29, 1.82) is 0 Å². The van der Waals surface area contributed by atoms with Gasteiger partial charge >= 0.3 is 0 Å². The van der Waals surface area contributed by atoms with Crippen LogP contribution in [0.2, 0.25) is 0 Å². The Kier molecular flexibility index (Phi) is 10.1. The number of hydrogen-bond donors (Lipinski definition) is 1. The average Bonchev–Trinajstić information content (AvgIpc) is 2.94. The SMILES string of the molecule is COc1ccc(N(CC(=O)N(Cc2ccccc2C)C(C)C(=O)NCC(C)C)S(=O)(=O)c2ccccc2)cc1. The number of sulfonamides is 1. The number of aryl methyl sites for hydroxylation is 1. The number of benzene rings is 3. The quantitative estimate of drug-likeness (QED) is 0.360. The van der Waals surface area contributed by atoms with Gasteiger partial charge in [0, 0.05) is 13.1 Å². The fourth-order valence-electron chi connectivity index (χ4n) is 4.00. The predicted octanol–water partition coefficient (Wildman–Crippen LogP) is 4.39. The lowest BCUT2D eigenvalue weighted by Crippen LogP contribution is -2.51. The standard InChI is InChI=1S/C30H37N3O5S/c1-22(2)19-31-30(35)24(4)32(20-25-12-10-9-11-23(25)3)29(34)21-33(26-15-17-27(38-5)18-16-26)39(36,37)28-13-7-6-8-14-28/h6-18,22,24H,19-21H2,1-5H3,(H,31,35). The first-order valence-corrected chi connectivity index (χ1v) is 14.3. The van der Waals surface area contributed by atoms with Crippen molar-refractivity contribution >= 4 is 27.5 Å². The third kappa shape index (κ3) is 7.60. The smallest absolute Gasteiger partial charge is 0.264 e. The van der Waals surface area contributed by atoms with Gasteiger partial charge in [-0.25, -0.2) is 8.42 Å². The number of methoxy groups -OCH3 is 1. The molecule has 208 valence electrons. The molecule has 0 aromatic heterocycles. The Morgan fingerprint density at radius 3 is 2.10 bits per heavy atom. The number of ether oxygens (including phenoxy) is 1. The average molecular weight is 552 g/mol. The third-order valence-electron chi connectivity index (χ3n) is 6.42. The van der Waals surface area contributed by atoms with E-state index in [-0.39, 0.29) is 23.3 Å². The van der Waals surface area contributed by atoms with Crippen LogP contribution in [0.15, 0.2) is 83.8 Å². The minimum atomic E-state index is -4.11. The molecule has 39 heavy (non-hydrogen) atoms. The molecule has 9 heteroatoms. The van der Waals surface area contributed by atoms with Gasteiger partial charge in [0.05, 0.1) is 17.7 Å². The van der Waals surface area contributed by atoms with Crippen LogP contribution in [-0.4, -0.2) is 51.4 Å². The lowest BCUT2D eigenvalue weighted by atomic mass is 10.1. The van der Waals surface area contributed by atoms with Crippen molar-refractivity contribution in [3.05, 3.63) is 90.0 Å². The zero-order chi connectivity index (χ0) is 28.6. The van der Waals surface area contributed by atoms with E-state index in [1.165, 1.54) is 24.1 Å². The summed E-state index contributed by atoms with van der Waals surface area (Å²) in [5.74, 6) is -0.00432. The summed E-state index contributed by atoms with van der Waals surface area (Å²) in [4.78, 5) is 28.5. The van der Waals surface area contributed by atoms with Gasteiger partial charge in [0.15, 0.2) is 0 Å². The molecule has 0 aliphatic heterocycles. The van der Waals surface area contributed by atoms with E-state index < -0.39 is 28.5 Å². The van der Waals surface area contributed by atoms with E-state index in [1.807, 2.05) is 45.0 Å². The van der Waals surface area contributed by atoms with E-state index in [4.69, 9.17) is 4.74 Å². The molecule has 8 nitrogen and oxygen atoms in total. The van der Waals surface area contributed by atoms with E-state index in [9.17, 15) is 18.0 Å². The molecule has 0 saturated heterocycles. The van der Waals surface area contributed by atoms with E-state index in [1.54, 1.807) is 49.4 Å². The van der Waals surface area contributed by atoms with Crippen molar-refractivity contribution in [3.8, 4) is 5.75 Å². The Balaban J connectivity index is 2.01. The second-order valence-corrected chi connectivity index (χ2v) is 11.6. The number of carbonyl (C=O) groups excluding carboxylic acids is 2. The summed E-state index contributed by atoms with van der Waals surface area (Å²) in [5.41, 5.74) is 2.14. The molecule has 0 fully saturated rings. The van der Waals surface area contributed by atoms with E-state index in [0.717, 1.165) is 15.4 Å². The fourth-order valence-corrected chi connectivity index (χ4v) is 5.44. The van der Waals surface area contributed by atoms with Gasteiger partial charge in [0.2, 0.25) is 11.8 Å². The Labute approximate surface area is 231 Å². The van der Waals surface area contributed by atoms with Crippen LogP contribution >= 0.6 is 0 Å². The van der Waals surface area contributed by atoms with E-state index >= 15 is 0 Å². The first kappa shape index (κ1) is 29.7. The Morgan fingerprint density at radius 1 is 0.897 bits per heavy atom. The molecular formula is C30H37N3O5S. The third-order valence-corrected chi connectivity index (χ3v) is 8.21. The highest BCUT2D eigenvalue weighted by Gasteiger charge is 2.32. The molecule has 3 aromatic carbocycles. The molecule has 1 N–H and O–H groups in total. The maximum absolute atomic E-state index is 13.9. The summed E-state index contributed by atoms with van der Waals surface area (Å²) in [7, 11) is -2.59. The zero-order valence-electron chi connectivity index (χ0n) is 23.1. The summed E-state index contributed by atoms with van der Waals surface area (Å²) < 4.78 is 33.9. The summed E-state index contributed by atoms with van der Waals surface area (Å²) in [6, 6.07) is 21.2. The molecular weight excluding hydrogens is 514 g/mol. The molecule has 0 aliphatic rings. The van der Waals surface area contributed by atoms with Crippen molar-refractivity contribution in [2.45, 2.75) is 45.2 Å². The minimum absolute atomic E-state index is 0.0572. The second kappa shape index (κ2) is 13.3. The topological polar surface area (TPSA) is 96.0 Å². The molecule has 3 rings (SSSR count). The van der Waals surface area contributed by atoms with Crippen LogP contribution in [-0.2, 0) is 26.2 Å². The molecule has 1 unspecified atom stereocenters. The van der Waals surface area contributed by atoms with E-state index in [2.05, 4.69) is 5.32 Å². The monoisotopic (exact) mass is 551 g/mol. The molecule has 2 amide bonds. The molecule has 1 atom stereocenters. The molecule has 0 aliphatic carbocycles. The van der Waals surface area contributed by atoms with Gasteiger partial charge in [0.1, 0.15) is 18.3 Å². The molecule has 0 radical (unpaired) electrons. The van der Waals surface area contributed by atoms with Crippen LogP contribution in [0, 0.1) is 12.8 Å². The first-order valence-electron chi connectivity index (χ1n) is 12.9. The molecule has 3 aromatic rings. The zero-order valence-corrected chi connectivity index (χ0v) is 23.9. The normalized spacial score (nSPS) is 12.1. The van der Waals surface area contributed by atoms with Gasteiger partial charge in [-0.3, -0.25) is 13.9 Å². The second-order valence-electron chi connectivity index (χ2n) is 9.79. The van der Waals surface area contributed by atoms with Crippen molar-refractivity contribution < 1.29 is 22.7 Å². The van der Waals surface area contributed by atoms with Crippen molar-refractivity contribution in [1.82, 2.24) is 10.2 Å². The van der Waals surface area contributed by atoms with Gasteiger partial charge in [-0.2, -0.15) is 0 Å². The number of amides is 2. The lowest BCUT2D eigenvalue weighted by Gasteiger charge is -2.32. The minimum Gasteiger partial charge on any atom is -0.497 e. The first-order chi connectivity index (χ1) is 18.5. The summed E-state index contributed by atoms with van der Waals surface area (Å²) >= 11 is 0. The highest BCUT2D eigenvalue weighted by Crippen LogP contribution is 2.26. The Morgan fingerprint density at radius 2 is 1.51 bits per heavy atom. The highest BCUT2D eigenvalue weighted by atomic mass is 32.2. The number of nitrogens with one attached hydrogen (secondary N) is 1. The number of anilines is 1. The summed E-state index contributed by atoms with van der Waals surface area (Å²) in [6.07, 6.45) is 0. The van der Waals surface area contributed by atoms with Crippen LogP contribution < -0.4 is 14.4 Å². The van der Waals surface area contributed by atoms with Crippen LogP contribution in [0.25, 0.3) is 0 Å². The van der Waals surface area contributed by atoms with Gasteiger partial charge < -0.3 is 15.0 Å². The number of rotatable bonds is 12. The van der Waals surface area contributed by atoms with Crippen LogP contribution in [0.1, 0.15) is 31.9 Å². The van der Waals surface area contributed by atoms with Gasteiger partial charge in [-0.05, 0) is 67.3 Å². The summed E-state index contributed by atoms with van der Waals surface area (Å²) in [5, 5.41) is 2.89. The predicted molar refractivity (Wildman–Crippen MR) is 153 cm³/mol. The number of carbonyl (C=O) groups is 2. The van der Waals surface area contributed by atoms with Crippen LogP contribution in [0.5, 0.6) is 5.75 Å². The van der Waals surface area contributed by atoms with Gasteiger partial charge in [0.25, 0.3) is 10.0 Å². The number of hydrogen-bond acceptors (Lipinski definition) is 5. The molecule has 0 spiro atoms. The molecule has 0 bridgehead atoms. The van der Waals surface area contributed by atoms with E-state index in [0.29, 0.717) is 18.0 Å². The summed E-state index contributed by atoms with van der Waals surface area (Å²) in [6.45, 7) is 7.71. The highest BCUT2D eigenvalue weighted by molar-refractivity contribution is 7.92. The van der Waals surface area contributed by atoms with Gasteiger partial charge in [-0.1, -0.05) is 56.3 Å². The molecule has 0 saturated carbocycles. The van der Waals surface area contributed by atoms with Crippen molar-refractivity contribution in [3.63, 3.8) is 0 Å². The Bertz CT molecular complexity index is 1360. The maximum Gasteiger partial charge on any atom is 0.264 e. The van der Waals surface area contributed by atoms with Gasteiger partial charge in [-0.15, -0.1) is 0 Å². The van der Waals surface area contributed by atoms with Crippen molar-refractivity contribution in [2.75, 3.05) is 24.5 Å². The van der Waals surface area contributed by atoms with Crippen LogP contribution in [0.4, 0.5) is 5.69 Å². The molecule has 0 heterocycles. The van der Waals surface area contributed by atoms with Crippen LogP contribution in [0.3, 0.4) is 0 Å². The lowest BCUT2D eigenvalue weighted by molar-refractivity contribution is -0.139. The Hall–Kier alpha value is -3.85. The number of nitrogens with zero attached hydrogens (tertiary/aromatic N) is 2. The fraction of sp³-hybridized carbons (Fsp3) is 0.333. The largest absolute Gasteiger partial charge is 0.497 e.